The fourth-order valence-electron chi connectivity index (χ4n) is 3.25. The SMILES string of the molecule is Nc1ccc(CC(=O)N2CCC(C(=O)NCc3ccc(F)cc3)CC2)cc1. The molecule has 0 aromatic heterocycles. The fraction of sp³-hybridized carbons (Fsp3) is 0.333. The van der Waals surface area contributed by atoms with Crippen LogP contribution in [0.3, 0.4) is 0 Å². The average molecular weight is 369 g/mol. The molecule has 1 aliphatic rings. The number of benzene rings is 2. The highest BCUT2D eigenvalue weighted by Gasteiger charge is 2.27. The number of nitrogen functional groups attached to an aromatic ring is 1. The summed E-state index contributed by atoms with van der Waals surface area (Å²) in [7, 11) is 0. The number of carbonyl (C=O) groups excluding carboxylic acids is 2. The van der Waals surface area contributed by atoms with E-state index in [1.54, 1.807) is 24.3 Å². The number of nitrogens with two attached hydrogens (primary N) is 1. The molecule has 1 aliphatic heterocycles. The van der Waals surface area contributed by atoms with Crippen molar-refractivity contribution < 1.29 is 14.0 Å². The topological polar surface area (TPSA) is 75.4 Å². The number of hydrogen-bond acceptors (Lipinski definition) is 3. The molecule has 27 heavy (non-hydrogen) atoms. The van der Waals surface area contributed by atoms with Crippen LogP contribution in [0.1, 0.15) is 24.0 Å². The third-order valence-corrected chi connectivity index (χ3v) is 4.93. The number of anilines is 1. The van der Waals surface area contributed by atoms with E-state index in [2.05, 4.69) is 5.32 Å². The van der Waals surface area contributed by atoms with Crippen LogP contribution in [0.25, 0.3) is 0 Å². The molecule has 2 aromatic carbocycles. The molecule has 0 spiro atoms. The molecule has 0 radical (unpaired) electrons. The van der Waals surface area contributed by atoms with Gasteiger partial charge in [-0.25, -0.2) is 4.39 Å². The quantitative estimate of drug-likeness (QED) is 0.795. The Morgan fingerprint density at radius 2 is 1.59 bits per heavy atom. The van der Waals surface area contributed by atoms with Gasteiger partial charge in [0.2, 0.25) is 11.8 Å². The normalized spacial score (nSPS) is 14.8. The van der Waals surface area contributed by atoms with Gasteiger partial charge in [-0.05, 0) is 48.2 Å². The van der Waals surface area contributed by atoms with Crippen LogP contribution in [0.4, 0.5) is 10.1 Å². The van der Waals surface area contributed by atoms with Crippen molar-refractivity contribution in [1.82, 2.24) is 10.2 Å². The lowest BCUT2D eigenvalue weighted by molar-refractivity contribution is -0.135. The molecule has 0 aliphatic carbocycles. The predicted molar refractivity (Wildman–Crippen MR) is 102 cm³/mol. The van der Waals surface area contributed by atoms with Gasteiger partial charge in [0.15, 0.2) is 0 Å². The minimum absolute atomic E-state index is 0.00930. The maximum absolute atomic E-state index is 12.9. The van der Waals surface area contributed by atoms with Gasteiger partial charge >= 0.3 is 0 Å². The summed E-state index contributed by atoms with van der Waals surface area (Å²) < 4.78 is 12.9. The van der Waals surface area contributed by atoms with Crippen molar-refractivity contribution in [3.8, 4) is 0 Å². The molecule has 1 heterocycles. The Morgan fingerprint density at radius 3 is 2.22 bits per heavy atom. The van der Waals surface area contributed by atoms with E-state index in [4.69, 9.17) is 5.73 Å². The van der Waals surface area contributed by atoms with Crippen LogP contribution in [0.2, 0.25) is 0 Å². The number of amides is 2. The summed E-state index contributed by atoms with van der Waals surface area (Å²) in [6, 6.07) is 13.4. The molecule has 6 heteroatoms. The largest absolute Gasteiger partial charge is 0.399 e. The number of piperidine rings is 1. The zero-order chi connectivity index (χ0) is 19.2. The Bertz CT molecular complexity index is 782. The summed E-state index contributed by atoms with van der Waals surface area (Å²) in [6.45, 7) is 1.56. The van der Waals surface area contributed by atoms with Gasteiger partial charge in [-0.15, -0.1) is 0 Å². The summed E-state index contributed by atoms with van der Waals surface area (Å²) in [6.07, 6.45) is 1.66. The van der Waals surface area contributed by atoms with Crippen LogP contribution in [0.15, 0.2) is 48.5 Å². The number of carbonyl (C=O) groups is 2. The first-order valence-electron chi connectivity index (χ1n) is 9.15. The van der Waals surface area contributed by atoms with Crippen molar-refractivity contribution in [2.75, 3.05) is 18.8 Å². The number of nitrogens with zero attached hydrogens (tertiary/aromatic N) is 1. The van der Waals surface area contributed by atoms with Crippen LogP contribution in [0, 0.1) is 11.7 Å². The second-order valence-corrected chi connectivity index (χ2v) is 6.92. The molecular formula is C21H24FN3O2. The Labute approximate surface area is 158 Å². The number of hydrogen-bond donors (Lipinski definition) is 2. The van der Waals surface area contributed by atoms with Crippen LogP contribution in [0.5, 0.6) is 0 Å². The highest BCUT2D eigenvalue weighted by atomic mass is 19.1. The Morgan fingerprint density at radius 1 is 1.00 bits per heavy atom. The second-order valence-electron chi connectivity index (χ2n) is 6.92. The molecule has 142 valence electrons. The summed E-state index contributed by atoms with van der Waals surface area (Å²) in [5, 5.41) is 2.90. The van der Waals surface area contributed by atoms with E-state index in [9.17, 15) is 14.0 Å². The first kappa shape index (κ1) is 18.9. The predicted octanol–water partition coefficient (Wildman–Crippen LogP) is 2.51. The molecule has 1 fully saturated rings. The summed E-state index contributed by atoms with van der Waals surface area (Å²) in [5.41, 5.74) is 8.14. The summed E-state index contributed by atoms with van der Waals surface area (Å²) >= 11 is 0. The lowest BCUT2D eigenvalue weighted by Crippen LogP contribution is -2.43. The molecule has 3 N–H and O–H groups in total. The number of halogens is 1. The van der Waals surface area contributed by atoms with E-state index in [1.165, 1.54) is 12.1 Å². The van der Waals surface area contributed by atoms with Crippen molar-refractivity contribution in [3.63, 3.8) is 0 Å². The Kier molecular flexibility index (Phi) is 6.06. The van der Waals surface area contributed by atoms with Crippen LogP contribution >= 0.6 is 0 Å². The molecule has 0 atom stereocenters. The molecule has 0 bridgehead atoms. The van der Waals surface area contributed by atoms with Gasteiger partial charge in [0.1, 0.15) is 5.82 Å². The standard InChI is InChI=1S/C21H24FN3O2/c22-18-5-1-16(2-6-18)14-24-21(27)17-9-11-25(12-10-17)20(26)13-15-3-7-19(23)8-4-15/h1-8,17H,9-14,23H2,(H,24,27). The van der Waals surface area contributed by atoms with Crippen molar-refractivity contribution in [2.45, 2.75) is 25.8 Å². The lowest BCUT2D eigenvalue weighted by atomic mass is 9.95. The molecule has 1 saturated heterocycles. The Hall–Kier alpha value is -2.89. The molecule has 0 saturated carbocycles. The van der Waals surface area contributed by atoms with E-state index in [1.807, 2.05) is 17.0 Å². The first-order valence-corrected chi connectivity index (χ1v) is 9.15. The molecule has 2 aromatic rings. The molecular weight excluding hydrogens is 345 g/mol. The number of nitrogens with one attached hydrogen (secondary N) is 1. The first-order chi connectivity index (χ1) is 13.0. The van der Waals surface area contributed by atoms with Crippen LogP contribution in [-0.2, 0) is 22.6 Å². The van der Waals surface area contributed by atoms with Crippen molar-refractivity contribution in [2.24, 2.45) is 5.92 Å². The van der Waals surface area contributed by atoms with E-state index >= 15 is 0 Å². The van der Waals surface area contributed by atoms with E-state index in [0.717, 1.165) is 11.1 Å². The van der Waals surface area contributed by atoms with Crippen molar-refractivity contribution in [1.29, 1.82) is 0 Å². The smallest absolute Gasteiger partial charge is 0.226 e. The van der Waals surface area contributed by atoms with Crippen molar-refractivity contribution in [3.05, 3.63) is 65.5 Å². The number of likely N-dealkylation sites (tertiary alicyclic amines) is 1. The minimum atomic E-state index is -0.291. The highest BCUT2D eigenvalue weighted by molar-refractivity contribution is 5.81. The van der Waals surface area contributed by atoms with E-state index in [0.29, 0.717) is 44.6 Å². The third kappa shape index (κ3) is 5.29. The summed E-state index contributed by atoms with van der Waals surface area (Å²) in [4.78, 5) is 26.6. The van der Waals surface area contributed by atoms with Gasteiger partial charge in [0, 0.05) is 31.2 Å². The zero-order valence-corrected chi connectivity index (χ0v) is 15.2. The van der Waals surface area contributed by atoms with Crippen molar-refractivity contribution >= 4 is 17.5 Å². The van der Waals surface area contributed by atoms with Gasteiger partial charge in [-0.2, -0.15) is 0 Å². The average Bonchev–Trinajstić information content (AvgIpc) is 2.69. The third-order valence-electron chi connectivity index (χ3n) is 4.93. The maximum atomic E-state index is 12.9. The van der Waals surface area contributed by atoms with Crippen LogP contribution < -0.4 is 11.1 Å². The van der Waals surface area contributed by atoms with Crippen LogP contribution in [-0.4, -0.2) is 29.8 Å². The van der Waals surface area contributed by atoms with Gasteiger partial charge in [0.25, 0.3) is 0 Å². The van der Waals surface area contributed by atoms with E-state index in [-0.39, 0.29) is 23.5 Å². The van der Waals surface area contributed by atoms with Gasteiger partial charge < -0.3 is 16.0 Å². The maximum Gasteiger partial charge on any atom is 0.226 e. The fourth-order valence-corrected chi connectivity index (χ4v) is 3.25. The molecule has 0 unspecified atom stereocenters. The molecule has 3 rings (SSSR count). The second kappa shape index (κ2) is 8.66. The van der Waals surface area contributed by atoms with Gasteiger partial charge in [-0.3, -0.25) is 9.59 Å². The van der Waals surface area contributed by atoms with E-state index < -0.39 is 0 Å². The highest BCUT2D eigenvalue weighted by Crippen LogP contribution is 2.19. The monoisotopic (exact) mass is 369 g/mol. The molecule has 5 nitrogen and oxygen atoms in total. The van der Waals surface area contributed by atoms with Gasteiger partial charge in [-0.1, -0.05) is 24.3 Å². The lowest BCUT2D eigenvalue weighted by Gasteiger charge is -2.31. The zero-order valence-electron chi connectivity index (χ0n) is 15.2. The van der Waals surface area contributed by atoms with Gasteiger partial charge in [0.05, 0.1) is 6.42 Å². The Balaban J connectivity index is 1.43. The molecule has 2 amide bonds. The minimum Gasteiger partial charge on any atom is -0.399 e. The summed E-state index contributed by atoms with van der Waals surface area (Å²) in [5.74, 6) is -0.318. The number of rotatable bonds is 5.